The molecular weight excluding hydrogens is 188 g/mol. The molecule has 0 aromatic carbocycles. The van der Waals surface area contributed by atoms with Crippen molar-refractivity contribution in [2.24, 2.45) is 5.73 Å². The minimum absolute atomic E-state index is 0.257. The molecule has 1 saturated carbocycles. The van der Waals surface area contributed by atoms with Crippen LogP contribution in [0.3, 0.4) is 0 Å². The Bertz CT molecular complexity index is 178. The fourth-order valence-corrected chi connectivity index (χ4v) is 3.09. The summed E-state index contributed by atoms with van der Waals surface area (Å²) in [5.74, 6) is 0. The van der Waals surface area contributed by atoms with E-state index < -0.39 is 0 Å². The Morgan fingerprint density at radius 1 is 1.40 bits per heavy atom. The number of hydrogen-bond donors (Lipinski definition) is 1. The van der Waals surface area contributed by atoms with Crippen molar-refractivity contribution in [3.05, 3.63) is 0 Å². The van der Waals surface area contributed by atoms with Crippen LogP contribution in [-0.4, -0.2) is 43.3 Å². The van der Waals surface area contributed by atoms with E-state index >= 15 is 0 Å². The zero-order chi connectivity index (χ0) is 11.3. The molecule has 0 aliphatic heterocycles. The maximum absolute atomic E-state index is 6.00. The molecule has 1 rings (SSSR count). The summed E-state index contributed by atoms with van der Waals surface area (Å²) in [5.41, 5.74) is 6.25. The number of nitrogens with two attached hydrogens (primary N) is 1. The van der Waals surface area contributed by atoms with E-state index in [1.54, 1.807) is 7.11 Å². The van der Waals surface area contributed by atoms with Crippen molar-refractivity contribution < 1.29 is 4.74 Å². The third kappa shape index (κ3) is 2.71. The van der Waals surface area contributed by atoms with Gasteiger partial charge in [-0.05, 0) is 26.3 Å². The van der Waals surface area contributed by atoms with E-state index in [9.17, 15) is 0 Å². The summed E-state index contributed by atoms with van der Waals surface area (Å²) in [7, 11) is 1.77. The molecule has 1 unspecified atom stereocenters. The summed E-state index contributed by atoms with van der Waals surface area (Å²) in [6, 6.07) is 0.474. The predicted molar refractivity (Wildman–Crippen MR) is 64.0 cm³/mol. The molecule has 0 spiro atoms. The van der Waals surface area contributed by atoms with E-state index in [1.807, 2.05) is 0 Å². The normalized spacial score (nSPS) is 22.2. The molecule has 3 heteroatoms. The second kappa shape index (κ2) is 5.83. The average molecular weight is 214 g/mol. The van der Waals surface area contributed by atoms with E-state index in [2.05, 4.69) is 18.7 Å². The van der Waals surface area contributed by atoms with Crippen LogP contribution in [-0.2, 0) is 4.74 Å². The summed E-state index contributed by atoms with van der Waals surface area (Å²) in [6.45, 7) is 7.12. The quantitative estimate of drug-likeness (QED) is 0.730. The van der Waals surface area contributed by atoms with Crippen LogP contribution in [0.1, 0.15) is 39.5 Å². The van der Waals surface area contributed by atoms with Crippen LogP contribution in [0, 0.1) is 0 Å². The lowest BCUT2D eigenvalue weighted by Gasteiger charge is -2.43. The molecule has 1 fully saturated rings. The molecule has 0 aromatic heterocycles. The molecule has 15 heavy (non-hydrogen) atoms. The van der Waals surface area contributed by atoms with Gasteiger partial charge in [-0.2, -0.15) is 0 Å². The Morgan fingerprint density at radius 3 is 2.40 bits per heavy atom. The Balaban J connectivity index is 2.69. The zero-order valence-corrected chi connectivity index (χ0v) is 10.5. The third-order valence-electron chi connectivity index (χ3n) is 3.80. The van der Waals surface area contributed by atoms with Crippen molar-refractivity contribution >= 4 is 0 Å². The SMILES string of the molecule is CCN(C(C)COC)C1(CN)CCCC1. The third-order valence-corrected chi connectivity index (χ3v) is 3.80. The first-order valence-corrected chi connectivity index (χ1v) is 6.16. The fraction of sp³-hybridized carbons (Fsp3) is 1.00. The summed E-state index contributed by atoms with van der Waals surface area (Å²) >= 11 is 0. The molecule has 1 aliphatic carbocycles. The highest BCUT2D eigenvalue weighted by atomic mass is 16.5. The van der Waals surface area contributed by atoms with Crippen LogP contribution in [0.5, 0.6) is 0 Å². The molecule has 3 nitrogen and oxygen atoms in total. The highest BCUT2D eigenvalue weighted by molar-refractivity contribution is 4.97. The average Bonchev–Trinajstić information content (AvgIpc) is 2.69. The number of likely N-dealkylation sites (N-methyl/N-ethyl adjacent to an activating group) is 1. The molecule has 1 aliphatic rings. The van der Waals surface area contributed by atoms with Crippen LogP contribution >= 0.6 is 0 Å². The molecular formula is C12H26N2O. The first kappa shape index (κ1) is 12.9. The largest absolute Gasteiger partial charge is 0.383 e. The highest BCUT2D eigenvalue weighted by Gasteiger charge is 2.39. The van der Waals surface area contributed by atoms with Crippen molar-refractivity contribution in [3.63, 3.8) is 0 Å². The van der Waals surface area contributed by atoms with Gasteiger partial charge in [0.05, 0.1) is 6.61 Å². The Hall–Kier alpha value is -0.120. The monoisotopic (exact) mass is 214 g/mol. The number of nitrogens with zero attached hydrogens (tertiary/aromatic N) is 1. The van der Waals surface area contributed by atoms with Crippen molar-refractivity contribution in [2.45, 2.75) is 51.1 Å². The maximum atomic E-state index is 6.00. The molecule has 0 saturated heterocycles. The Labute approximate surface area is 94.0 Å². The molecule has 0 amide bonds. The van der Waals surface area contributed by atoms with Crippen molar-refractivity contribution in [1.82, 2.24) is 4.90 Å². The second-order valence-corrected chi connectivity index (χ2v) is 4.73. The van der Waals surface area contributed by atoms with E-state index in [1.165, 1.54) is 25.7 Å². The number of methoxy groups -OCH3 is 1. The molecule has 0 bridgehead atoms. The van der Waals surface area contributed by atoms with Gasteiger partial charge in [-0.25, -0.2) is 0 Å². The van der Waals surface area contributed by atoms with Gasteiger partial charge in [-0.1, -0.05) is 19.8 Å². The lowest BCUT2D eigenvalue weighted by atomic mass is 9.93. The Morgan fingerprint density at radius 2 is 2.00 bits per heavy atom. The highest BCUT2D eigenvalue weighted by Crippen LogP contribution is 2.35. The van der Waals surface area contributed by atoms with Gasteiger partial charge in [-0.3, -0.25) is 4.90 Å². The van der Waals surface area contributed by atoms with Gasteiger partial charge in [0.25, 0.3) is 0 Å². The molecule has 0 heterocycles. The summed E-state index contributed by atoms with van der Waals surface area (Å²) in [6.07, 6.45) is 5.16. The van der Waals surface area contributed by atoms with Gasteiger partial charge in [-0.15, -0.1) is 0 Å². The first-order chi connectivity index (χ1) is 7.20. The minimum atomic E-state index is 0.257. The van der Waals surface area contributed by atoms with Crippen LogP contribution in [0.25, 0.3) is 0 Å². The summed E-state index contributed by atoms with van der Waals surface area (Å²) < 4.78 is 5.25. The van der Waals surface area contributed by atoms with Crippen LogP contribution in [0.15, 0.2) is 0 Å². The van der Waals surface area contributed by atoms with Crippen molar-refractivity contribution in [1.29, 1.82) is 0 Å². The molecule has 2 N–H and O–H groups in total. The van der Waals surface area contributed by atoms with E-state index in [4.69, 9.17) is 10.5 Å². The topological polar surface area (TPSA) is 38.5 Å². The number of hydrogen-bond acceptors (Lipinski definition) is 3. The molecule has 0 aromatic rings. The first-order valence-electron chi connectivity index (χ1n) is 6.16. The second-order valence-electron chi connectivity index (χ2n) is 4.73. The van der Waals surface area contributed by atoms with Gasteiger partial charge in [0.2, 0.25) is 0 Å². The lowest BCUT2D eigenvalue weighted by molar-refractivity contribution is 0.0233. The van der Waals surface area contributed by atoms with Gasteiger partial charge >= 0.3 is 0 Å². The van der Waals surface area contributed by atoms with E-state index in [0.29, 0.717) is 6.04 Å². The van der Waals surface area contributed by atoms with Crippen LogP contribution in [0.2, 0.25) is 0 Å². The van der Waals surface area contributed by atoms with E-state index in [0.717, 1.165) is 19.7 Å². The van der Waals surface area contributed by atoms with Crippen molar-refractivity contribution in [2.75, 3.05) is 26.8 Å². The van der Waals surface area contributed by atoms with E-state index in [-0.39, 0.29) is 5.54 Å². The summed E-state index contributed by atoms with van der Waals surface area (Å²) in [5, 5.41) is 0. The van der Waals surface area contributed by atoms with Gasteiger partial charge < -0.3 is 10.5 Å². The summed E-state index contributed by atoms with van der Waals surface area (Å²) in [4.78, 5) is 2.55. The minimum Gasteiger partial charge on any atom is -0.383 e. The lowest BCUT2D eigenvalue weighted by Crippen LogP contribution is -2.56. The molecule has 0 radical (unpaired) electrons. The fourth-order valence-electron chi connectivity index (χ4n) is 3.09. The maximum Gasteiger partial charge on any atom is 0.0615 e. The number of ether oxygens (including phenoxy) is 1. The smallest absolute Gasteiger partial charge is 0.0615 e. The Kier molecular flexibility index (Phi) is 5.03. The van der Waals surface area contributed by atoms with Gasteiger partial charge in [0, 0.05) is 25.2 Å². The number of rotatable bonds is 6. The van der Waals surface area contributed by atoms with Crippen LogP contribution in [0.4, 0.5) is 0 Å². The standard InChI is InChI=1S/C12H26N2O/c1-4-14(11(2)9-15-3)12(10-13)7-5-6-8-12/h11H,4-10,13H2,1-3H3. The van der Waals surface area contributed by atoms with Gasteiger partial charge in [0.15, 0.2) is 0 Å². The van der Waals surface area contributed by atoms with Gasteiger partial charge in [0.1, 0.15) is 0 Å². The zero-order valence-electron chi connectivity index (χ0n) is 10.5. The molecule has 1 atom stereocenters. The predicted octanol–water partition coefficient (Wildman–Crippen LogP) is 1.61. The van der Waals surface area contributed by atoms with Crippen LogP contribution < -0.4 is 5.73 Å². The van der Waals surface area contributed by atoms with Crippen molar-refractivity contribution in [3.8, 4) is 0 Å². The molecule has 90 valence electrons.